The largest absolute Gasteiger partial charge is 0.487 e. The van der Waals surface area contributed by atoms with Gasteiger partial charge in [0.15, 0.2) is 5.13 Å². The first-order valence-electron chi connectivity index (χ1n) is 9.81. The summed E-state index contributed by atoms with van der Waals surface area (Å²) in [4.78, 5) is 24.0. The molecule has 0 atom stereocenters. The fourth-order valence-corrected chi connectivity index (χ4v) is 5.03. The number of carbonyl (C=O) groups excluding carboxylic acids is 1. The molecule has 1 aliphatic heterocycles. The van der Waals surface area contributed by atoms with Crippen molar-refractivity contribution in [1.29, 1.82) is 0 Å². The van der Waals surface area contributed by atoms with E-state index in [1.807, 2.05) is 35.7 Å². The Bertz CT molecular complexity index is 1170. The van der Waals surface area contributed by atoms with Gasteiger partial charge in [0, 0.05) is 29.7 Å². The van der Waals surface area contributed by atoms with Crippen LogP contribution in [0.1, 0.15) is 28.9 Å². The summed E-state index contributed by atoms with van der Waals surface area (Å²) >= 11 is 3.21. The van der Waals surface area contributed by atoms with Crippen LogP contribution in [0.5, 0.6) is 5.75 Å². The lowest BCUT2D eigenvalue weighted by Gasteiger charge is -2.11. The lowest BCUT2D eigenvalue weighted by Crippen LogP contribution is -2.16. The first-order chi connectivity index (χ1) is 14.7. The minimum absolute atomic E-state index is 0.169. The summed E-state index contributed by atoms with van der Waals surface area (Å²) in [6.07, 6.45) is 2.45. The molecule has 1 amide bonds. The van der Waals surface area contributed by atoms with E-state index >= 15 is 0 Å². The van der Waals surface area contributed by atoms with E-state index in [1.165, 1.54) is 24.2 Å². The zero-order valence-corrected chi connectivity index (χ0v) is 17.8. The highest BCUT2D eigenvalue weighted by Crippen LogP contribution is 2.32. The first kappa shape index (κ1) is 19.0. The average Bonchev–Trinajstić information content (AvgIpc) is 3.53. The summed E-state index contributed by atoms with van der Waals surface area (Å²) in [5.41, 5.74) is 4.93. The van der Waals surface area contributed by atoms with Gasteiger partial charge in [-0.05, 0) is 49.2 Å². The predicted octanol–water partition coefficient (Wildman–Crippen LogP) is 5.18. The number of anilines is 2. The summed E-state index contributed by atoms with van der Waals surface area (Å²) in [6.45, 7) is 2.53. The lowest BCUT2D eigenvalue weighted by atomic mass is 10.2. The van der Waals surface area contributed by atoms with Crippen LogP contribution in [0.25, 0.3) is 10.2 Å². The van der Waals surface area contributed by atoms with Crippen LogP contribution in [0.4, 0.5) is 10.8 Å². The van der Waals surface area contributed by atoms with Crippen LogP contribution < -0.4 is 15.0 Å². The van der Waals surface area contributed by atoms with Crippen molar-refractivity contribution in [2.24, 2.45) is 0 Å². The van der Waals surface area contributed by atoms with Crippen molar-refractivity contribution in [2.75, 3.05) is 23.3 Å². The third-order valence-electron chi connectivity index (χ3n) is 4.98. The molecule has 1 fully saturated rings. The topological polar surface area (TPSA) is 67.4 Å². The second-order valence-corrected chi connectivity index (χ2v) is 8.85. The molecular weight excluding hydrogens is 416 g/mol. The number of ether oxygens (including phenoxy) is 1. The molecule has 0 spiro atoms. The zero-order valence-electron chi connectivity index (χ0n) is 16.2. The Hall–Kier alpha value is -2.97. The molecule has 1 aliphatic rings. The molecule has 4 aromatic rings. The van der Waals surface area contributed by atoms with E-state index in [0.717, 1.165) is 39.8 Å². The molecule has 152 valence electrons. The Morgan fingerprint density at radius 2 is 2.07 bits per heavy atom. The number of fused-ring (bicyclic) bond motifs is 1. The van der Waals surface area contributed by atoms with E-state index in [9.17, 15) is 4.79 Å². The molecule has 1 N–H and O–H groups in total. The van der Waals surface area contributed by atoms with Gasteiger partial charge in [0.05, 0.1) is 21.4 Å². The Balaban J connectivity index is 1.28. The fraction of sp³-hybridized carbons (Fsp3) is 0.227. The molecular formula is C22H20N4O2S2. The van der Waals surface area contributed by atoms with E-state index in [1.54, 1.807) is 29.0 Å². The van der Waals surface area contributed by atoms with Crippen molar-refractivity contribution in [2.45, 2.75) is 19.4 Å². The maximum Gasteiger partial charge on any atom is 0.255 e. The molecule has 3 heterocycles. The van der Waals surface area contributed by atoms with Gasteiger partial charge < -0.3 is 15.0 Å². The molecule has 8 heteroatoms. The standard InChI is InChI=1S/C22H20N4O2S2/c27-21(15-4-3-5-18(10-15)28-12-17-13-29-14-23-17)24-16-6-7-19-20(11-16)30-22(25-19)26-8-1-2-9-26/h3-7,10-11,13-14H,1-2,8-9,12H2,(H,24,27). The van der Waals surface area contributed by atoms with Gasteiger partial charge >= 0.3 is 0 Å². The van der Waals surface area contributed by atoms with Crippen LogP contribution in [-0.2, 0) is 6.61 Å². The van der Waals surface area contributed by atoms with Crippen molar-refractivity contribution in [1.82, 2.24) is 9.97 Å². The molecule has 5 rings (SSSR count). The van der Waals surface area contributed by atoms with Gasteiger partial charge in [0.1, 0.15) is 12.4 Å². The number of aromatic nitrogens is 2. The average molecular weight is 437 g/mol. The van der Waals surface area contributed by atoms with Crippen LogP contribution >= 0.6 is 22.7 Å². The van der Waals surface area contributed by atoms with Crippen molar-refractivity contribution in [3.8, 4) is 5.75 Å². The molecule has 30 heavy (non-hydrogen) atoms. The molecule has 0 saturated carbocycles. The van der Waals surface area contributed by atoms with E-state index in [-0.39, 0.29) is 5.91 Å². The molecule has 0 radical (unpaired) electrons. The Morgan fingerprint density at radius 3 is 2.90 bits per heavy atom. The molecule has 2 aromatic carbocycles. The van der Waals surface area contributed by atoms with E-state index in [4.69, 9.17) is 9.72 Å². The van der Waals surface area contributed by atoms with Crippen LogP contribution in [0, 0.1) is 0 Å². The highest BCUT2D eigenvalue weighted by atomic mass is 32.1. The lowest BCUT2D eigenvalue weighted by molar-refractivity contribution is 0.102. The van der Waals surface area contributed by atoms with Crippen molar-refractivity contribution in [3.05, 3.63) is 64.6 Å². The van der Waals surface area contributed by atoms with E-state index in [2.05, 4.69) is 15.2 Å². The number of amides is 1. The minimum Gasteiger partial charge on any atom is -0.487 e. The molecule has 2 aromatic heterocycles. The number of nitrogens with zero attached hydrogens (tertiary/aromatic N) is 3. The zero-order chi connectivity index (χ0) is 20.3. The van der Waals surface area contributed by atoms with Gasteiger partial charge in [0.2, 0.25) is 0 Å². The van der Waals surface area contributed by atoms with Crippen molar-refractivity contribution < 1.29 is 9.53 Å². The Labute approximate surface area is 182 Å². The van der Waals surface area contributed by atoms with Crippen molar-refractivity contribution in [3.63, 3.8) is 0 Å². The Morgan fingerprint density at radius 1 is 1.17 bits per heavy atom. The number of rotatable bonds is 6. The maximum atomic E-state index is 12.8. The number of benzene rings is 2. The van der Waals surface area contributed by atoms with Crippen LogP contribution in [0.15, 0.2) is 53.4 Å². The number of nitrogens with one attached hydrogen (secondary N) is 1. The molecule has 0 aliphatic carbocycles. The summed E-state index contributed by atoms with van der Waals surface area (Å²) in [6, 6.07) is 13.0. The number of hydrogen-bond donors (Lipinski definition) is 1. The molecule has 1 saturated heterocycles. The molecule has 6 nitrogen and oxygen atoms in total. The second-order valence-electron chi connectivity index (χ2n) is 7.12. The van der Waals surface area contributed by atoms with Crippen molar-refractivity contribution >= 4 is 49.6 Å². The van der Waals surface area contributed by atoms with Gasteiger partial charge in [-0.3, -0.25) is 4.79 Å². The monoisotopic (exact) mass is 436 g/mol. The summed E-state index contributed by atoms with van der Waals surface area (Å²) < 4.78 is 6.83. The SMILES string of the molecule is O=C(Nc1ccc2nc(N3CCCC3)sc2c1)c1cccc(OCc2cscn2)c1. The third-order valence-corrected chi connectivity index (χ3v) is 6.69. The van der Waals surface area contributed by atoms with Gasteiger partial charge in [0.25, 0.3) is 5.91 Å². The normalized spacial score (nSPS) is 13.7. The summed E-state index contributed by atoms with van der Waals surface area (Å²) in [5, 5.41) is 6.00. The molecule has 0 bridgehead atoms. The smallest absolute Gasteiger partial charge is 0.255 e. The fourth-order valence-electron chi connectivity index (χ4n) is 3.43. The minimum atomic E-state index is -0.169. The second kappa shape index (κ2) is 8.41. The summed E-state index contributed by atoms with van der Waals surface area (Å²) in [5.74, 6) is 0.474. The number of carbonyl (C=O) groups is 1. The Kier molecular flexibility index (Phi) is 5.33. The van der Waals surface area contributed by atoms with Gasteiger partial charge in [-0.15, -0.1) is 11.3 Å². The van der Waals surface area contributed by atoms with Gasteiger partial charge in [-0.1, -0.05) is 17.4 Å². The van der Waals surface area contributed by atoms with E-state index in [0.29, 0.717) is 17.9 Å². The van der Waals surface area contributed by atoms with E-state index < -0.39 is 0 Å². The number of hydrogen-bond acceptors (Lipinski definition) is 7. The third kappa shape index (κ3) is 4.15. The first-order valence-corrected chi connectivity index (χ1v) is 11.6. The van der Waals surface area contributed by atoms with Gasteiger partial charge in [-0.25, -0.2) is 9.97 Å². The van der Waals surface area contributed by atoms with Crippen LogP contribution in [0.3, 0.4) is 0 Å². The van der Waals surface area contributed by atoms with Gasteiger partial charge in [-0.2, -0.15) is 0 Å². The number of thiazole rings is 2. The quantitative estimate of drug-likeness (QED) is 0.451. The molecule has 0 unspecified atom stereocenters. The maximum absolute atomic E-state index is 12.8. The van der Waals surface area contributed by atoms with Crippen LogP contribution in [0.2, 0.25) is 0 Å². The predicted molar refractivity (Wildman–Crippen MR) is 122 cm³/mol. The highest BCUT2D eigenvalue weighted by molar-refractivity contribution is 7.22. The highest BCUT2D eigenvalue weighted by Gasteiger charge is 2.17. The summed E-state index contributed by atoms with van der Waals surface area (Å²) in [7, 11) is 0. The van der Waals surface area contributed by atoms with Crippen LogP contribution in [-0.4, -0.2) is 29.0 Å².